The van der Waals surface area contributed by atoms with Crippen LogP contribution < -0.4 is 0 Å². The first-order valence-electron chi connectivity index (χ1n) is 2.83. The van der Waals surface area contributed by atoms with Crippen LogP contribution in [0.2, 0.25) is 0 Å². The van der Waals surface area contributed by atoms with Crippen molar-refractivity contribution in [1.29, 1.82) is 0 Å². The molecule has 0 atom stereocenters. The molecular weight excluding hydrogens is 172 g/mol. The molecule has 0 aliphatic rings. The maximum atomic E-state index is 9.25. The van der Waals surface area contributed by atoms with Crippen LogP contribution >= 0.6 is 0 Å². The minimum atomic E-state index is -0.981. The van der Waals surface area contributed by atoms with Gasteiger partial charge in [0.05, 0.1) is 0 Å². The van der Waals surface area contributed by atoms with E-state index in [9.17, 15) is 4.79 Å². The van der Waals surface area contributed by atoms with Gasteiger partial charge in [0.25, 0.3) is 0 Å². The fourth-order valence-electron chi connectivity index (χ4n) is 0. The summed E-state index contributed by atoms with van der Waals surface area (Å²) in [6.07, 6.45) is 3.11. The molecule has 0 unspecified atom stereocenters. The Kier molecular flexibility index (Phi) is 26.0. The van der Waals surface area contributed by atoms with Gasteiger partial charge in [0.15, 0.2) is 0 Å². The third kappa shape index (κ3) is 47.0. The maximum absolute atomic E-state index is 9.25. The Labute approximate surface area is 72.8 Å². The van der Waals surface area contributed by atoms with Gasteiger partial charge in [-0.2, -0.15) is 6.42 Å². The van der Waals surface area contributed by atoms with E-state index in [1.54, 1.807) is 0 Å². The zero-order valence-electron chi connectivity index (χ0n) is 6.11. The van der Waals surface area contributed by atoms with Crippen molar-refractivity contribution in [2.24, 2.45) is 0 Å². The molecule has 0 saturated heterocycles. The monoisotopic (exact) mass is 185 g/mol. The number of rotatable bonds is 2. The molecule has 0 fully saturated rings. The summed E-state index contributed by atoms with van der Waals surface area (Å²) in [7, 11) is 0. The standard InChI is InChI=1S/C4H9.C3H4O2.Fe/c1-3-4-2;1-2-3(4)5;/h1,3-4H2,2H3;2H,1H2,(H,4,5);/q-1;;. The van der Waals surface area contributed by atoms with Crippen molar-refractivity contribution in [3.05, 3.63) is 19.6 Å². The molecule has 1 N–H and O–H groups in total. The molecule has 0 aromatic heterocycles. The topological polar surface area (TPSA) is 37.3 Å². The molecule has 0 aromatic carbocycles. The largest absolute Gasteiger partial charge is 0.478 e. The molecule has 2 nitrogen and oxygen atoms in total. The number of aliphatic carboxylic acids is 1. The van der Waals surface area contributed by atoms with Gasteiger partial charge in [0.1, 0.15) is 0 Å². The van der Waals surface area contributed by atoms with Crippen LogP contribution in [0, 0.1) is 6.92 Å². The summed E-state index contributed by atoms with van der Waals surface area (Å²) < 4.78 is 0. The zero-order valence-corrected chi connectivity index (χ0v) is 7.22. The summed E-state index contributed by atoms with van der Waals surface area (Å²) in [5.41, 5.74) is 0. The van der Waals surface area contributed by atoms with Gasteiger partial charge in [-0.3, -0.25) is 0 Å². The number of hydrogen-bond acceptors (Lipinski definition) is 1. The number of hydrogen-bond donors (Lipinski definition) is 1. The molecule has 0 saturated carbocycles. The predicted molar refractivity (Wildman–Crippen MR) is 38.1 cm³/mol. The van der Waals surface area contributed by atoms with Crippen LogP contribution in [0.1, 0.15) is 19.8 Å². The van der Waals surface area contributed by atoms with Crippen LogP contribution in [0.15, 0.2) is 12.7 Å². The second kappa shape index (κ2) is 15.9. The molecule has 3 heteroatoms. The van der Waals surface area contributed by atoms with Crippen LogP contribution in [0.25, 0.3) is 0 Å². The van der Waals surface area contributed by atoms with Gasteiger partial charge >= 0.3 is 5.97 Å². The van der Waals surface area contributed by atoms with E-state index in [4.69, 9.17) is 5.11 Å². The molecule has 0 aliphatic heterocycles. The zero-order chi connectivity index (χ0) is 7.70. The van der Waals surface area contributed by atoms with E-state index in [0.29, 0.717) is 0 Å². The first kappa shape index (κ1) is 16.4. The van der Waals surface area contributed by atoms with Crippen LogP contribution in [0.4, 0.5) is 0 Å². The Balaban J connectivity index is -0.0000000910. The summed E-state index contributed by atoms with van der Waals surface area (Å²) in [4.78, 5) is 9.25. The number of carboxylic acids is 1. The molecule has 0 bridgehead atoms. The molecule has 0 heterocycles. The fourth-order valence-corrected chi connectivity index (χ4v) is 0. The first-order chi connectivity index (χ1) is 4.18. The number of carbonyl (C=O) groups is 1. The van der Waals surface area contributed by atoms with Crippen LogP contribution in [-0.2, 0) is 21.9 Å². The molecule has 0 rings (SSSR count). The SMILES string of the molecule is C=CC(=O)O.[CH2-]CCC.[Fe]. The van der Waals surface area contributed by atoms with Crippen molar-refractivity contribution >= 4 is 5.97 Å². The Morgan fingerprint density at radius 2 is 2.00 bits per heavy atom. The second-order valence-electron chi connectivity index (χ2n) is 1.40. The Hall–Kier alpha value is -0.271. The normalized spacial score (nSPS) is 6.20. The first-order valence-corrected chi connectivity index (χ1v) is 2.83. The maximum Gasteiger partial charge on any atom is 0.327 e. The molecule has 0 amide bonds. The van der Waals surface area contributed by atoms with Crippen molar-refractivity contribution in [1.82, 2.24) is 0 Å². The average Bonchev–Trinajstić information content (AvgIpc) is 1.89. The Bertz CT molecular complexity index is 79.7. The van der Waals surface area contributed by atoms with E-state index in [-0.39, 0.29) is 17.1 Å². The minimum Gasteiger partial charge on any atom is -0.478 e. The summed E-state index contributed by atoms with van der Waals surface area (Å²) in [6.45, 7) is 8.68. The van der Waals surface area contributed by atoms with Crippen molar-refractivity contribution in [3.63, 3.8) is 0 Å². The van der Waals surface area contributed by atoms with Gasteiger partial charge in [-0.25, -0.2) is 4.79 Å². The average molecular weight is 185 g/mol. The Morgan fingerprint density at radius 3 is 2.00 bits per heavy atom. The van der Waals surface area contributed by atoms with Crippen molar-refractivity contribution in [3.8, 4) is 0 Å². The smallest absolute Gasteiger partial charge is 0.327 e. The van der Waals surface area contributed by atoms with Crippen molar-refractivity contribution in [2.75, 3.05) is 0 Å². The summed E-state index contributed by atoms with van der Waals surface area (Å²) in [5, 5.41) is 7.60. The van der Waals surface area contributed by atoms with E-state index in [2.05, 4.69) is 20.4 Å². The van der Waals surface area contributed by atoms with E-state index in [0.717, 1.165) is 12.5 Å². The second-order valence-corrected chi connectivity index (χ2v) is 1.40. The van der Waals surface area contributed by atoms with E-state index in [1.807, 2.05) is 0 Å². The summed E-state index contributed by atoms with van der Waals surface area (Å²) >= 11 is 0. The summed E-state index contributed by atoms with van der Waals surface area (Å²) in [5.74, 6) is -0.981. The quantitative estimate of drug-likeness (QED) is 0.405. The molecule has 62 valence electrons. The third-order valence-corrected chi connectivity index (χ3v) is 0.528. The molecule has 0 spiro atoms. The van der Waals surface area contributed by atoms with Gasteiger partial charge in [-0.1, -0.05) is 19.9 Å². The van der Waals surface area contributed by atoms with Crippen LogP contribution in [0.5, 0.6) is 0 Å². The van der Waals surface area contributed by atoms with Gasteiger partial charge in [0.2, 0.25) is 0 Å². The number of unbranched alkanes of at least 4 members (excludes halogenated alkanes) is 1. The van der Waals surface area contributed by atoms with Crippen molar-refractivity contribution in [2.45, 2.75) is 19.8 Å². The predicted octanol–water partition coefficient (Wildman–Crippen LogP) is 1.88. The molecule has 10 heavy (non-hydrogen) atoms. The van der Waals surface area contributed by atoms with Gasteiger partial charge in [-0.15, -0.1) is 0 Å². The molecule has 0 aliphatic carbocycles. The Morgan fingerprint density at radius 1 is 1.80 bits per heavy atom. The summed E-state index contributed by atoms with van der Waals surface area (Å²) in [6, 6.07) is 0. The van der Waals surface area contributed by atoms with Gasteiger partial charge < -0.3 is 12.0 Å². The molecular formula is C7H13FeO2-. The van der Waals surface area contributed by atoms with Gasteiger partial charge in [0, 0.05) is 23.1 Å². The fraction of sp³-hybridized carbons (Fsp3) is 0.429. The van der Waals surface area contributed by atoms with E-state index >= 15 is 0 Å². The third-order valence-electron chi connectivity index (χ3n) is 0.528. The molecule has 0 radical (unpaired) electrons. The number of carboxylic acid groups (broad SMARTS) is 1. The van der Waals surface area contributed by atoms with Crippen molar-refractivity contribution < 1.29 is 27.0 Å². The van der Waals surface area contributed by atoms with E-state index in [1.165, 1.54) is 6.42 Å². The minimum absolute atomic E-state index is 0. The van der Waals surface area contributed by atoms with Crippen LogP contribution in [-0.4, -0.2) is 11.1 Å². The van der Waals surface area contributed by atoms with Crippen LogP contribution in [0.3, 0.4) is 0 Å². The van der Waals surface area contributed by atoms with Gasteiger partial charge in [-0.05, 0) is 0 Å². The molecule has 0 aromatic rings. The van der Waals surface area contributed by atoms with E-state index < -0.39 is 5.97 Å².